The van der Waals surface area contributed by atoms with Crippen LogP contribution in [0.5, 0.6) is 0 Å². The molecule has 1 aliphatic heterocycles. The van der Waals surface area contributed by atoms with Crippen LogP contribution in [0.4, 0.5) is 0 Å². The molecule has 3 aromatic rings. The summed E-state index contributed by atoms with van der Waals surface area (Å²) in [5, 5.41) is 2.09. The van der Waals surface area contributed by atoms with Crippen LogP contribution in [-0.2, 0) is 19.5 Å². The summed E-state index contributed by atoms with van der Waals surface area (Å²) in [4.78, 5) is 14.1. The third kappa shape index (κ3) is 2.53. The Kier molecular flexibility index (Phi) is 4.39. The molecule has 0 spiro atoms. The fraction of sp³-hybridized carbons (Fsp3) is 0.167. The summed E-state index contributed by atoms with van der Waals surface area (Å²) in [6.07, 6.45) is 0.911. The summed E-state index contributed by atoms with van der Waals surface area (Å²) in [5.74, 6) is 0. The van der Waals surface area contributed by atoms with Crippen LogP contribution in [0.15, 0.2) is 52.6 Å². The van der Waals surface area contributed by atoms with Gasteiger partial charge in [-0.2, -0.15) is 0 Å². The largest absolute Gasteiger partial charge is 0.326 e. The Hall–Kier alpha value is -1.88. The Labute approximate surface area is 144 Å². The Morgan fingerprint density at radius 1 is 1.17 bits per heavy atom. The van der Waals surface area contributed by atoms with Crippen molar-refractivity contribution in [3.8, 4) is 21.7 Å². The molecule has 2 aromatic heterocycles. The van der Waals surface area contributed by atoms with E-state index >= 15 is 0 Å². The number of hydrogen-bond acceptors (Lipinski definition) is 3. The number of hydrogen-bond donors (Lipinski definition) is 1. The zero-order chi connectivity index (χ0) is 15.1. The van der Waals surface area contributed by atoms with Crippen molar-refractivity contribution in [2.75, 3.05) is 0 Å². The number of nitrogens with two attached hydrogens (primary N) is 1. The molecule has 1 aliphatic rings. The molecule has 0 atom stereocenters. The van der Waals surface area contributed by atoms with Crippen LogP contribution >= 0.6 is 23.7 Å². The second-order valence-corrected chi connectivity index (χ2v) is 6.40. The maximum atomic E-state index is 12.9. The van der Waals surface area contributed by atoms with E-state index in [9.17, 15) is 4.79 Å². The highest BCUT2D eigenvalue weighted by Crippen LogP contribution is 2.36. The van der Waals surface area contributed by atoms with Gasteiger partial charge in [-0.1, -0.05) is 30.3 Å². The first-order valence-corrected chi connectivity index (χ1v) is 8.26. The SMILES string of the molecule is Cl.NCc1cc(-c2ccccc2)c(=O)n2c1-c1sccc1CC2. The van der Waals surface area contributed by atoms with Crippen LogP contribution in [0.2, 0.25) is 0 Å². The second kappa shape index (κ2) is 6.32. The van der Waals surface area contributed by atoms with Crippen LogP contribution in [0.3, 0.4) is 0 Å². The zero-order valence-electron chi connectivity index (χ0n) is 12.5. The topological polar surface area (TPSA) is 48.0 Å². The smallest absolute Gasteiger partial charge is 0.258 e. The highest BCUT2D eigenvalue weighted by atomic mass is 35.5. The Bertz CT molecular complexity index is 899. The third-order valence-electron chi connectivity index (χ3n) is 4.24. The first-order chi connectivity index (χ1) is 10.8. The van der Waals surface area contributed by atoms with Crippen molar-refractivity contribution in [3.63, 3.8) is 0 Å². The van der Waals surface area contributed by atoms with E-state index in [1.165, 1.54) is 10.4 Å². The normalized spacial score (nSPS) is 12.2. The van der Waals surface area contributed by atoms with Crippen molar-refractivity contribution in [1.82, 2.24) is 4.57 Å². The molecule has 0 saturated carbocycles. The van der Waals surface area contributed by atoms with Crippen molar-refractivity contribution in [3.05, 3.63) is 69.3 Å². The van der Waals surface area contributed by atoms with Gasteiger partial charge in [0.25, 0.3) is 5.56 Å². The van der Waals surface area contributed by atoms with E-state index < -0.39 is 0 Å². The average molecular weight is 345 g/mol. The lowest BCUT2D eigenvalue weighted by molar-refractivity contribution is 0.658. The number of rotatable bonds is 2. The van der Waals surface area contributed by atoms with Gasteiger partial charge in [-0.05, 0) is 40.6 Å². The van der Waals surface area contributed by atoms with Crippen molar-refractivity contribution < 1.29 is 0 Å². The maximum absolute atomic E-state index is 12.9. The Morgan fingerprint density at radius 3 is 2.70 bits per heavy atom. The van der Waals surface area contributed by atoms with E-state index in [2.05, 4.69) is 11.4 Å². The molecular weight excluding hydrogens is 328 g/mol. The molecule has 0 aliphatic carbocycles. The number of thiophene rings is 1. The van der Waals surface area contributed by atoms with E-state index in [1.807, 2.05) is 41.0 Å². The minimum atomic E-state index is 0. The van der Waals surface area contributed by atoms with Crippen molar-refractivity contribution in [1.29, 1.82) is 0 Å². The monoisotopic (exact) mass is 344 g/mol. The summed E-state index contributed by atoms with van der Waals surface area (Å²) in [6, 6.07) is 13.9. The van der Waals surface area contributed by atoms with Gasteiger partial charge in [0.1, 0.15) is 0 Å². The van der Waals surface area contributed by atoms with Gasteiger partial charge in [0, 0.05) is 18.7 Å². The molecule has 3 heterocycles. The van der Waals surface area contributed by atoms with Crippen molar-refractivity contribution in [2.24, 2.45) is 5.73 Å². The van der Waals surface area contributed by atoms with Gasteiger partial charge in [0.05, 0.1) is 10.6 Å². The van der Waals surface area contributed by atoms with Crippen LogP contribution in [-0.4, -0.2) is 4.57 Å². The summed E-state index contributed by atoms with van der Waals surface area (Å²) in [6.45, 7) is 1.17. The lowest BCUT2D eigenvalue weighted by atomic mass is 9.98. The predicted molar refractivity (Wildman–Crippen MR) is 98.3 cm³/mol. The van der Waals surface area contributed by atoms with E-state index in [1.54, 1.807) is 11.3 Å². The first kappa shape index (κ1) is 16.0. The predicted octanol–water partition coefficient (Wildman–Crippen LogP) is 3.68. The number of nitrogens with zero attached hydrogens (tertiary/aromatic N) is 1. The van der Waals surface area contributed by atoms with Gasteiger partial charge in [0.2, 0.25) is 0 Å². The molecule has 0 unspecified atom stereocenters. The number of benzene rings is 1. The lowest BCUT2D eigenvalue weighted by Gasteiger charge is -2.22. The molecule has 23 heavy (non-hydrogen) atoms. The van der Waals surface area contributed by atoms with Crippen molar-refractivity contribution in [2.45, 2.75) is 19.5 Å². The third-order valence-corrected chi connectivity index (χ3v) is 5.20. The molecule has 118 valence electrons. The van der Waals surface area contributed by atoms with Gasteiger partial charge >= 0.3 is 0 Å². The zero-order valence-corrected chi connectivity index (χ0v) is 14.1. The maximum Gasteiger partial charge on any atom is 0.258 e. The number of aryl methyl sites for hydroxylation is 1. The molecular formula is C18H17ClN2OS. The molecule has 0 bridgehead atoms. The quantitative estimate of drug-likeness (QED) is 0.770. The number of halogens is 1. The number of fused-ring (bicyclic) bond motifs is 3. The Morgan fingerprint density at radius 2 is 1.96 bits per heavy atom. The minimum absolute atomic E-state index is 0. The summed E-state index contributed by atoms with van der Waals surface area (Å²) >= 11 is 1.69. The van der Waals surface area contributed by atoms with Gasteiger partial charge in [-0.15, -0.1) is 23.7 Å². The summed E-state index contributed by atoms with van der Waals surface area (Å²) < 4.78 is 1.91. The van der Waals surface area contributed by atoms with Crippen LogP contribution in [0.1, 0.15) is 11.1 Å². The molecule has 1 aromatic carbocycles. The fourth-order valence-electron chi connectivity index (χ4n) is 3.16. The van der Waals surface area contributed by atoms with Gasteiger partial charge in [0.15, 0.2) is 0 Å². The van der Waals surface area contributed by atoms with E-state index in [0.29, 0.717) is 6.54 Å². The first-order valence-electron chi connectivity index (χ1n) is 7.38. The number of aromatic nitrogens is 1. The summed E-state index contributed by atoms with van der Waals surface area (Å²) in [7, 11) is 0. The molecule has 3 nitrogen and oxygen atoms in total. The van der Waals surface area contributed by atoms with Gasteiger partial charge in [-0.3, -0.25) is 4.79 Å². The average Bonchev–Trinajstić information content (AvgIpc) is 3.05. The molecule has 5 heteroatoms. The molecule has 4 rings (SSSR count). The van der Waals surface area contributed by atoms with Crippen LogP contribution < -0.4 is 11.3 Å². The minimum Gasteiger partial charge on any atom is -0.326 e. The van der Waals surface area contributed by atoms with Gasteiger partial charge < -0.3 is 10.3 Å². The molecule has 0 radical (unpaired) electrons. The van der Waals surface area contributed by atoms with E-state index in [4.69, 9.17) is 5.73 Å². The highest BCUT2D eigenvalue weighted by molar-refractivity contribution is 7.13. The molecule has 2 N–H and O–H groups in total. The number of pyridine rings is 1. The highest BCUT2D eigenvalue weighted by Gasteiger charge is 2.23. The van der Waals surface area contributed by atoms with E-state index in [-0.39, 0.29) is 18.0 Å². The van der Waals surface area contributed by atoms with Crippen LogP contribution in [0, 0.1) is 0 Å². The lowest BCUT2D eigenvalue weighted by Crippen LogP contribution is -2.28. The van der Waals surface area contributed by atoms with Gasteiger partial charge in [-0.25, -0.2) is 0 Å². The molecule has 0 amide bonds. The molecule has 0 fully saturated rings. The van der Waals surface area contributed by atoms with Crippen molar-refractivity contribution >= 4 is 23.7 Å². The standard InChI is InChI=1S/C18H16N2OS.ClH/c19-11-14-10-15(12-4-2-1-3-5-12)18(21)20-8-6-13-7-9-22-17(13)16(14)20;/h1-5,7,9-10H,6,8,11,19H2;1H. The Balaban J connectivity index is 0.00000156. The van der Waals surface area contributed by atoms with E-state index in [0.717, 1.165) is 35.3 Å². The van der Waals surface area contributed by atoms with Crippen LogP contribution in [0.25, 0.3) is 21.7 Å². The fourth-order valence-corrected chi connectivity index (χ4v) is 4.20. The molecule has 0 saturated heterocycles. The second-order valence-electron chi connectivity index (χ2n) is 5.48. The summed E-state index contributed by atoms with van der Waals surface area (Å²) in [5.41, 5.74) is 11.1.